The lowest BCUT2D eigenvalue weighted by atomic mass is 10.1. The van der Waals surface area contributed by atoms with Crippen molar-refractivity contribution < 1.29 is 4.79 Å². The Kier molecular flexibility index (Phi) is 5.23. The highest BCUT2D eigenvalue weighted by Gasteiger charge is 2.11. The van der Waals surface area contributed by atoms with Crippen LogP contribution in [-0.2, 0) is 0 Å². The number of benzene rings is 1. The lowest BCUT2D eigenvalue weighted by Crippen LogP contribution is -2.33. The number of hydrogen-bond acceptors (Lipinski definition) is 3. The van der Waals surface area contributed by atoms with Gasteiger partial charge in [0.2, 0.25) is 0 Å². The van der Waals surface area contributed by atoms with Gasteiger partial charge in [-0.25, -0.2) is 0 Å². The van der Waals surface area contributed by atoms with E-state index in [1.54, 1.807) is 19.1 Å². The Morgan fingerprint density at radius 3 is 2.74 bits per heavy atom. The number of piperidine rings is 1. The van der Waals surface area contributed by atoms with E-state index in [9.17, 15) is 4.79 Å². The van der Waals surface area contributed by atoms with Gasteiger partial charge in [-0.15, -0.1) is 0 Å². The smallest absolute Gasteiger partial charge is 0.161 e. The molecule has 1 aliphatic heterocycles. The van der Waals surface area contributed by atoms with Crippen molar-refractivity contribution >= 4 is 23.1 Å². The summed E-state index contributed by atoms with van der Waals surface area (Å²) in [7, 11) is 0. The van der Waals surface area contributed by atoms with E-state index in [0.717, 1.165) is 18.8 Å². The van der Waals surface area contributed by atoms with Crippen LogP contribution in [0.5, 0.6) is 0 Å². The second-order valence-corrected chi connectivity index (χ2v) is 5.51. The average molecular weight is 281 g/mol. The summed E-state index contributed by atoms with van der Waals surface area (Å²) in [6.45, 7) is 5.83. The Balaban J connectivity index is 1.91. The van der Waals surface area contributed by atoms with E-state index in [4.69, 9.17) is 11.6 Å². The fraction of sp³-hybridized carbons (Fsp3) is 0.533. The van der Waals surface area contributed by atoms with E-state index in [1.165, 1.54) is 32.4 Å². The molecule has 104 valence electrons. The van der Waals surface area contributed by atoms with Gasteiger partial charge >= 0.3 is 0 Å². The molecular weight excluding hydrogens is 260 g/mol. The second-order valence-electron chi connectivity index (χ2n) is 5.08. The lowest BCUT2D eigenvalue weighted by Gasteiger charge is -2.26. The van der Waals surface area contributed by atoms with Crippen molar-refractivity contribution in [1.82, 2.24) is 4.90 Å². The topological polar surface area (TPSA) is 32.3 Å². The number of nitrogens with one attached hydrogen (secondary N) is 1. The van der Waals surface area contributed by atoms with Crippen molar-refractivity contribution in [3.8, 4) is 0 Å². The molecule has 0 aromatic heterocycles. The van der Waals surface area contributed by atoms with Gasteiger partial charge in [0.25, 0.3) is 0 Å². The van der Waals surface area contributed by atoms with Crippen LogP contribution >= 0.6 is 11.6 Å². The maximum Gasteiger partial charge on any atom is 0.161 e. The molecule has 0 spiro atoms. The van der Waals surface area contributed by atoms with Gasteiger partial charge in [0.05, 0.1) is 0 Å². The summed E-state index contributed by atoms with van der Waals surface area (Å²) in [6.07, 6.45) is 3.96. The van der Waals surface area contributed by atoms with E-state index in [0.29, 0.717) is 10.6 Å². The molecule has 1 heterocycles. The van der Waals surface area contributed by atoms with Gasteiger partial charge < -0.3 is 10.2 Å². The molecule has 0 unspecified atom stereocenters. The first kappa shape index (κ1) is 14.4. The Hall–Kier alpha value is -1.06. The van der Waals surface area contributed by atoms with Crippen LogP contribution in [0.25, 0.3) is 0 Å². The predicted molar refractivity (Wildman–Crippen MR) is 80.2 cm³/mol. The third-order valence-corrected chi connectivity index (χ3v) is 3.79. The average Bonchev–Trinajstić information content (AvgIpc) is 2.39. The van der Waals surface area contributed by atoms with E-state index < -0.39 is 0 Å². The molecule has 1 fully saturated rings. The molecule has 19 heavy (non-hydrogen) atoms. The van der Waals surface area contributed by atoms with Crippen LogP contribution in [0.2, 0.25) is 5.02 Å². The number of anilines is 1. The fourth-order valence-electron chi connectivity index (χ4n) is 2.50. The third kappa shape index (κ3) is 4.22. The maximum atomic E-state index is 11.5. The monoisotopic (exact) mass is 280 g/mol. The van der Waals surface area contributed by atoms with Gasteiger partial charge in [-0.2, -0.15) is 0 Å². The van der Waals surface area contributed by atoms with Crippen LogP contribution in [0, 0.1) is 0 Å². The molecule has 0 bridgehead atoms. The highest BCUT2D eigenvalue weighted by Crippen LogP contribution is 2.21. The predicted octanol–water partition coefficient (Wildman–Crippen LogP) is 3.44. The van der Waals surface area contributed by atoms with Crippen molar-refractivity contribution in [1.29, 1.82) is 0 Å². The largest absolute Gasteiger partial charge is 0.383 e. The molecule has 0 amide bonds. The molecule has 1 aromatic carbocycles. The normalized spacial score (nSPS) is 16.3. The quantitative estimate of drug-likeness (QED) is 0.839. The van der Waals surface area contributed by atoms with Crippen LogP contribution in [0.15, 0.2) is 18.2 Å². The zero-order valence-electron chi connectivity index (χ0n) is 11.4. The first-order valence-electron chi connectivity index (χ1n) is 6.93. The minimum absolute atomic E-state index is 0.0668. The molecule has 1 saturated heterocycles. The van der Waals surface area contributed by atoms with Crippen LogP contribution in [-0.4, -0.2) is 36.9 Å². The number of halogens is 1. The van der Waals surface area contributed by atoms with E-state index in [1.807, 2.05) is 6.07 Å². The van der Waals surface area contributed by atoms with E-state index in [2.05, 4.69) is 10.2 Å². The Labute approximate surface area is 119 Å². The Morgan fingerprint density at radius 2 is 2.05 bits per heavy atom. The molecule has 1 aromatic rings. The van der Waals surface area contributed by atoms with Crippen molar-refractivity contribution in [3.05, 3.63) is 28.8 Å². The van der Waals surface area contributed by atoms with Crippen LogP contribution < -0.4 is 5.32 Å². The van der Waals surface area contributed by atoms with Crippen LogP contribution in [0.3, 0.4) is 0 Å². The van der Waals surface area contributed by atoms with Crippen molar-refractivity contribution in [2.24, 2.45) is 0 Å². The number of ketones is 1. The highest BCUT2D eigenvalue weighted by atomic mass is 35.5. The molecule has 0 saturated carbocycles. The molecule has 0 radical (unpaired) electrons. The van der Waals surface area contributed by atoms with Gasteiger partial charge in [-0.05, 0) is 51.1 Å². The molecule has 4 heteroatoms. The van der Waals surface area contributed by atoms with Crippen molar-refractivity contribution in [2.75, 3.05) is 31.5 Å². The SMILES string of the molecule is CC(=O)c1ccc(Cl)cc1NCCN1CCCCC1. The fourth-order valence-corrected chi connectivity index (χ4v) is 2.67. The van der Waals surface area contributed by atoms with Crippen molar-refractivity contribution in [3.63, 3.8) is 0 Å². The lowest BCUT2D eigenvalue weighted by molar-refractivity contribution is 0.101. The number of carbonyl (C=O) groups excluding carboxylic acids is 1. The number of Topliss-reactive ketones (excluding diaryl/α,β-unsaturated/α-hetero) is 1. The summed E-state index contributed by atoms with van der Waals surface area (Å²) in [5, 5.41) is 3.99. The molecule has 2 rings (SSSR count). The van der Waals surface area contributed by atoms with Gasteiger partial charge in [0.1, 0.15) is 0 Å². The van der Waals surface area contributed by atoms with E-state index in [-0.39, 0.29) is 5.78 Å². The Morgan fingerprint density at radius 1 is 1.32 bits per heavy atom. The minimum atomic E-state index is 0.0668. The third-order valence-electron chi connectivity index (χ3n) is 3.55. The number of likely N-dealkylation sites (tertiary alicyclic amines) is 1. The summed E-state index contributed by atoms with van der Waals surface area (Å²) in [4.78, 5) is 14.0. The summed E-state index contributed by atoms with van der Waals surface area (Å²) >= 11 is 5.99. The first-order chi connectivity index (χ1) is 9.16. The van der Waals surface area contributed by atoms with Crippen LogP contribution in [0.1, 0.15) is 36.5 Å². The van der Waals surface area contributed by atoms with Gasteiger partial charge in [-0.3, -0.25) is 4.79 Å². The maximum absolute atomic E-state index is 11.5. The molecule has 0 atom stereocenters. The molecule has 0 aliphatic carbocycles. The number of hydrogen-bond donors (Lipinski definition) is 1. The number of nitrogens with zero attached hydrogens (tertiary/aromatic N) is 1. The summed E-state index contributed by atoms with van der Waals surface area (Å²) in [5.74, 6) is 0.0668. The number of rotatable bonds is 5. The zero-order valence-corrected chi connectivity index (χ0v) is 12.2. The molecule has 3 nitrogen and oxygen atoms in total. The van der Waals surface area contributed by atoms with Crippen LogP contribution in [0.4, 0.5) is 5.69 Å². The highest BCUT2D eigenvalue weighted by molar-refractivity contribution is 6.31. The van der Waals surface area contributed by atoms with Gasteiger partial charge in [0, 0.05) is 29.4 Å². The van der Waals surface area contributed by atoms with Crippen molar-refractivity contribution in [2.45, 2.75) is 26.2 Å². The van der Waals surface area contributed by atoms with Gasteiger partial charge in [-0.1, -0.05) is 18.0 Å². The van der Waals surface area contributed by atoms with E-state index >= 15 is 0 Å². The molecule has 1 aliphatic rings. The summed E-state index contributed by atoms with van der Waals surface area (Å²) in [5.41, 5.74) is 1.56. The Bertz CT molecular complexity index is 442. The first-order valence-corrected chi connectivity index (χ1v) is 7.31. The molecular formula is C15H21ClN2O. The summed E-state index contributed by atoms with van der Waals surface area (Å²) in [6, 6.07) is 5.37. The standard InChI is InChI=1S/C15H21ClN2O/c1-12(19)14-6-5-13(16)11-15(14)17-7-10-18-8-3-2-4-9-18/h5-6,11,17H,2-4,7-10H2,1H3. The summed E-state index contributed by atoms with van der Waals surface area (Å²) < 4.78 is 0. The number of carbonyl (C=O) groups is 1. The molecule has 1 N–H and O–H groups in total. The zero-order chi connectivity index (χ0) is 13.7. The minimum Gasteiger partial charge on any atom is -0.383 e. The second kappa shape index (κ2) is 6.92. The van der Waals surface area contributed by atoms with Gasteiger partial charge in [0.15, 0.2) is 5.78 Å².